The lowest BCUT2D eigenvalue weighted by molar-refractivity contribution is -0.114. The van der Waals surface area contributed by atoms with Crippen LogP contribution in [0.4, 0.5) is 5.69 Å². The van der Waals surface area contributed by atoms with Crippen molar-refractivity contribution in [1.29, 1.82) is 5.26 Å². The molecule has 0 radical (unpaired) electrons. The third kappa shape index (κ3) is 2.32. The number of pyridine rings is 1. The number of anilines is 1. The SMILES string of the molecule is N#Cc1cc(CN2C(=O)C(=O)c3cc(Br)ccc32)ccn1. The second kappa shape index (κ2) is 5.11. The Bertz CT molecular complexity index is 811. The number of fused-ring (bicyclic) bond motifs is 1. The zero-order valence-electron chi connectivity index (χ0n) is 10.7. The lowest BCUT2D eigenvalue weighted by Crippen LogP contribution is -2.29. The molecule has 0 fully saturated rings. The van der Waals surface area contributed by atoms with Crippen molar-refractivity contribution in [2.45, 2.75) is 6.54 Å². The molecule has 2 aromatic rings. The molecular weight excluding hydrogens is 334 g/mol. The number of nitriles is 1. The van der Waals surface area contributed by atoms with E-state index in [1.807, 2.05) is 6.07 Å². The quantitative estimate of drug-likeness (QED) is 0.786. The summed E-state index contributed by atoms with van der Waals surface area (Å²) < 4.78 is 0.750. The number of halogens is 1. The summed E-state index contributed by atoms with van der Waals surface area (Å²) in [5, 5.41) is 8.85. The van der Waals surface area contributed by atoms with Gasteiger partial charge in [0.15, 0.2) is 0 Å². The van der Waals surface area contributed by atoms with Crippen molar-refractivity contribution < 1.29 is 9.59 Å². The van der Waals surface area contributed by atoms with Gasteiger partial charge in [-0.2, -0.15) is 5.26 Å². The summed E-state index contributed by atoms with van der Waals surface area (Å²) >= 11 is 3.29. The fourth-order valence-corrected chi connectivity index (χ4v) is 2.61. The molecule has 1 aliphatic heterocycles. The molecule has 1 aromatic heterocycles. The predicted molar refractivity (Wildman–Crippen MR) is 78.6 cm³/mol. The number of nitrogens with zero attached hydrogens (tertiary/aromatic N) is 3. The number of aromatic nitrogens is 1. The topological polar surface area (TPSA) is 74.1 Å². The minimum absolute atomic E-state index is 0.233. The van der Waals surface area contributed by atoms with Gasteiger partial charge in [0, 0.05) is 10.7 Å². The van der Waals surface area contributed by atoms with Crippen molar-refractivity contribution >= 4 is 33.3 Å². The van der Waals surface area contributed by atoms with Crippen molar-refractivity contribution in [1.82, 2.24) is 4.98 Å². The van der Waals surface area contributed by atoms with Crippen LogP contribution in [0.1, 0.15) is 21.6 Å². The first-order chi connectivity index (χ1) is 10.1. The standard InChI is InChI=1S/C15H8BrN3O2/c16-10-1-2-13-12(6-10)14(20)15(21)19(13)8-9-3-4-18-11(5-9)7-17/h1-6H,8H2. The van der Waals surface area contributed by atoms with Gasteiger partial charge in [-0.1, -0.05) is 15.9 Å². The molecule has 5 nitrogen and oxygen atoms in total. The van der Waals surface area contributed by atoms with Gasteiger partial charge in [-0.25, -0.2) is 4.98 Å². The fourth-order valence-electron chi connectivity index (χ4n) is 2.25. The number of ketones is 1. The fraction of sp³-hybridized carbons (Fsp3) is 0.0667. The van der Waals surface area contributed by atoms with Gasteiger partial charge in [-0.15, -0.1) is 0 Å². The Hall–Kier alpha value is -2.52. The average molecular weight is 342 g/mol. The van der Waals surface area contributed by atoms with Crippen molar-refractivity contribution in [2.24, 2.45) is 0 Å². The van der Waals surface area contributed by atoms with Crippen LogP contribution in [-0.2, 0) is 11.3 Å². The van der Waals surface area contributed by atoms with Crippen molar-refractivity contribution in [3.8, 4) is 6.07 Å². The largest absolute Gasteiger partial charge is 0.300 e. The molecule has 102 valence electrons. The van der Waals surface area contributed by atoms with Crippen LogP contribution in [0.3, 0.4) is 0 Å². The van der Waals surface area contributed by atoms with Crippen LogP contribution >= 0.6 is 15.9 Å². The first-order valence-electron chi connectivity index (χ1n) is 6.11. The molecular formula is C15H8BrN3O2. The van der Waals surface area contributed by atoms with E-state index in [-0.39, 0.29) is 12.2 Å². The van der Waals surface area contributed by atoms with Crippen molar-refractivity contribution in [3.05, 3.63) is 57.8 Å². The Kier molecular flexibility index (Phi) is 3.28. The van der Waals surface area contributed by atoms with E-state index in [1.54, 1.807) is 30.3 Å². The Morgan fingerprint density at radius 2 is 2.05 bits per heavy atom. The van der Waals surface area contributed by atoms with Gasteiger partial charge < -0.3 is 4.90 Å². The molecule has 2 heterocycles. The highest BCUT2D eigenvalue weighted by Crippen LogP contribution is 2.32. The molecule has 0 atom stereocenters. The summed E-state index contributed by atoms with van der Waals surface area (Å²) in [6, 6.07) is 10.4. The number of carbonyl (C=O) groups excluding carboxylic acids is 2. The van der Waals surface area contributed by atoms with E-state index in [1.165, 1.54) is 11.1 Å². The number of amides is 1. The van der Waals surface area contributed by atoms with E-state index in [4.69, 9.17) is 5.26 Å². The molecule has 1 amide bonds. The van der Waals surface area contributed by atoms with Gasteiger partial charge >= 0.3 is 0 Å². The summed E-state index contributed by atoms with van der Waals surface area (Å²) in [6.45, 7) is 0.233. The second-order valence-corrected chi connectivity index (χ2v) is 5.46. The minimum atomic E-state index is -0.557. The second-order valence-electron chi connectivity index (χ2n) is 4.54. The zero-order chi connectivity index (χ0) is 15.0. The molecule has 1 aliphatic rings. The lowest BCUT2D eigenvalue weighted by atomic mass is 10.1. The highest BCUT2D eigenvalue weighted by molar-refractivity contribution is 9.10. The number of Topliss-reactive ketones (excluding diaryl/α,β-unsaturated/α-hetero) is 1. The van der Waals surface area contributed by atoms with Crippen LogP contribution in [0.2, 0.25) is 0 Å². The van der Waals surface area contributed by atoms with Gasteiger partial charge in [0.1, 0.15) is 11.8 Å². The number of hydrogen-bond donors (Lipinski definition) is 0. The molecule has 0 N–H and O–H groups in total. The third-order valence-electron chi connectivity index (χ3n) is 3.21. The highest BCUT2D eigenvalue weighted by Gasteiger charge is 2.35. The molecule has 0 aliphatic carbocycles. The number of carbonyl (C=O) groups is 2. The maximum Gasteiger partial charge on any atom is 0.299 e. The molecule has 1 aromatic carbocycles. The predicted octanol–water partition coefficient (Wildman–Crippen LogP) is 2.45. The van der Waals surface area contributed by atoms with Crippen LogP contribution in [0.5, 0.6) is 0 Å². The Morgan fingerprint density at radius 3 is 2.81 bits per heavy atom. The summed E-state index contributed by atoms with van der Waals surface area (Å²) in [7, 11) is 0. The summed E-state index contributed by atoms with van der Waals surface area (Å²) in [5.74, 6) is -1.07. The maximum atomic E-state index is 12.1. The zero-order valence-corrected chi connectivity index (χ0v) is 12.3. The van der Waals surface area contributed by atoms with Gasteiger partial charge in [-0.3, -0.25) is 9.59 Å². The Balaban J connectivity index is 1.99. The Labute approximate surface area is 129 Å². The highest BCUT2D eigenvalue weighted by atomic mass is 79.9. The molecule has 3 rings (SSSR count). The number of benzene rings is 1. The molecule has 6 heteroatoms. The normalized spacial score (nSPS) is 13.2. The van der Waals surface area contributed by atoms with E-state index < -0.39 is 11.7 Å². The monoisotopic (exact) mass is 341 g/mol. The lowest BCUT2D eigenvalue weighted by Gasteiger charge is -2.16. The number of hydrogen-bond acceptors (Lipinski definition) is 4. The Morgan fingerprint density at radius 1 is 1.24 bits per heavy atom. The third-order valence-corrected chi connectivity index (χ3v) is 3.71. The summed E-state index contributed by atoms with van der Waals surface area (Å²) in [4.78, 5) is 29.4. The van der Waals surface area contributed by atoms with Crippen LogP contribution in [0.15, 0.2) is 41.0 Å². The molecule has 21 heavy (non-hydrogen) atoms. The average Bonchev–Trinajstić information content (AvgIpc) is 2.72. The first-order valence-corrected chi connectivity index (χ1v) is 6.90. The van der Waals surface area contributed by atoms with E-state index in [0.717, 1.165) is 10.0 Å². The van der Waals surface area contributed by atoms with Crippen molar-refractivity contribution in [2.75, 3.05) is 4.90 Å². The van der Waals surface area contributed by atoms with E-state index in [2.05, 4.69) is 20.9 Å². The van der Waals surface area contributed by atoms with Gasteiger partial charge in [0.05, 0.1) is 17.8 Å². The van der Waals surface area contributed by atoms with Gasteiger partial charge in [0.2, 0.25) is 0 Å². The van der Waals surface area contributed by atoms with Crippen LogP contribution in [0.25, 0.3) is 0 Å². The molecule has 0 unspecified atom stereocenters. The molecule has 0 saturated carbocycles. The number of rotatable bonds is 2. The summed E-state index contributed by atoms with van der Waals surface area (Å²) in [5.41, 5.74) is 2.01. The van der Waals surface area contributed by atoms with Crippen LogP contribution < -0.4 is 4.90 Å². The van der Waals surface area contributed by atoms with Crippen molar-refractivity contribution in [3.63, 3.8) is 0 Å². The first kappa shape index (κ1) is 13.5. The molecule has 0 bridgehead atoms. The van der Waals surface area contributed by atoms with E-state index >= 15 is 0 Å². The molecule has 0 spiro atoms. The maximum absolute atomic E-state index is 12.1. The van der Waals surface area contributed by atoms with Crippen LogP contribution in [-0.4, -0.2) is 16.7 Å². The molecule has 0 saturated heterocycles. The smallest absolute Gasteiger partial charge is 0.299 e. The van der Waals surface area contributed by atoms with E-state index in [9.17, 15) is 9.59 Å². The van der Waals surface area contributed by atoms with Gasteiger partial charge in [0.25, 0.3) is 11.7 Å². The van der Waals surface area contributed by atoms with Crippen LogP contribution in [0, 0.1) is 11.3 Å². The van der Waals surface area contributed by atoms with E-state index in [0.29, 0.717) is 11.3 Å². The minimum Gasteiger partial charge on any atom is -0.300 e. The summed E-state index contributed by atoms with van der Waals surface area (Å²) in [6.07, 6.45) is 1.51. The van der Waals surface area contributed by atoms with Gasteiger partial charge in [-0.05, 0) is 35.9 Å².